The molecule has 2 N–H and O–H groups in total. The monoisotopic (exact) mass is 772 g/mol. The van der Waals surface area contributed by atoms with Crippen molar-refractivity contribution >= 4 is 29.3 Å². The van der Waals surface area contributed by atoms with Crippen LogP contribution in [0, 0.1) is 56.7 Å². The number of allylic oxidation sites excluding steroid dienone is 2. The molecule has 0 bridgehead atoms. The molecule has 9 atom stereocenters. The molecule has 6 rings (SSSR count). The van der Waals surface area contributed by atoms with Crippen LogP contribution in [0.4, 0.5) is 0 Å². The maximum Gasteiger partial charge on any atom is 0.335 e. The Morgan fingerprint density at radius 1 is 0.875 bits per heavy atom. The quantitative estimate of drug-likeness (QED) is 0.163. The Bertz CT molecular complexity index is 1750. The molecule has 0 saturated heterocycles. The highest BCUT2D eigenvalue weighted by molar-refractivity contribution is 5.88. The summed E-state index contributed by atoms with van der Waals surface area (Å²) in [5.41, 5.74) is 3.52. The largest absolute Gasteiger partial charge is 0.478 e. The van der Waals surface area contributed by atoms with Gasteiger partial charge in [0.15, 0.2) is 0 Å². The summed E-state index contributed by atoms with van der Waals surface area (Å²) in [4.78, 5) is 55.0. The van der Waals surface area contributed by atoms with Crippen LogP contribution < -0.4 is 5.32 Å². The van der Waals surface area contributed by atoms with Crippen molar-refractivity contribution in [3.8, 4) is 0 Å². The normalized spacial score (nSPS) is 35.5. The number of carbonyl (C=O) groups is 4. The molecule has 9 unspecified atom stereocenters. The Balaban J connectivity index is 1.31. The van der Waals surface area contributed by atoms with E-state index in [0.29, 0.717) is 36.4 Å². The highest BCUT2D eigenvalue weighted by atomic mass is 16.5. The van der Waals surface area contributed by atoms with E-state index in [9.17, 15) is 24.3 Å². The Labute approximate surface area is 336 Å². The number of benzene rings is 1. The molecule has 56 heavy (non-hydrogen) atoms. The minimum Gasteiger partial charge on any atom is -0.478 e. The smallest absolute Gasteiger partial charge is 0.335 e. The minimum atomic E-state index is -0.898. The van der Waals surface area contributed by atoms with E-state index in [4.69, 9.17) is 4.74 Å². The van der Waals surface area contributed by atoms with Gasteiger partial charge in [-0.1, -0.05) is 65.0 Å². The molecule has 4 fully saturated rings. The predicted octanol–water partition coefficient (Wildman–Crippen LogP) is 8.11. The number of likely N-dealkylation sites (N-methyl/N-ethyl adjacent to an activating group) is 2. The first-order valence-corrected chi connectivity index (χ1v) is 21.2. The SMILES string of the molecule is C=C(CN(C)C(=O)CCC(=O)OC)C1CCC2(C(=O)NCCN(C)C)CCC3(C)C(CCC4C5(C)CC=C(c6ccc(C(=O)O)cc6)C(C)(C)C5CCC43C)C12. The Morgan fingerprint density at radius 3 is 2.21 bits per heavy atom. The van der Waals surface area contributed by atoms with Crippen LogP contribution in [0.3, 0.4) is 0 Å². The van der Waals surface area contributed by atoms with Crippen LogP contribution in [0.15, 0.2) is 42.5 Å². The van der Waals surface area contributed by atoms with Crippen molar-refractivity contribution in [3.63, 3.8) is 0 Å². The minimum absolute atomic E-state index is 0.0356. The molecule has 0 aliphatic heterocycles. The topological polar surface area (TPSA) is 116 Å². The fourth-order valence-electron chi connectivity index (χ4n) is 13.9. The number of hydrogen-bond acceptors (Lipinski definition) is 6. The molecule has 0 spiro atoms. The number of aromatic carboxylic acids is 1. The lowest BCUT2D eigenvalue weighted by Gasteiger charge is -2.72. The molecule has 5 aliphatic rings. The summed E-state index contributed by atoms with van der Waals surface area (Å²) in [6.07, 6.45) is 11.8. The summed E-state index contributed by atoms with van der Waals surface area (Å²) in [6, 6.07) is 7.46. The van der Waals surface area contributed by atoms with Gasteiger partial charge >= 0.3 is 11.9 Å². The number of methoxy groups -OCH3 is 1. The maximum absolute atomic E-state index is 14.6. The van der Waals surface area contributed by atoms with Gasteiger partial charge in [-0.3, -0.25) is 14.4 Å². The first-order chi connectivity index (χ1) is 26.3. The molecule has 4 saturated carbocycles. The Morgan fingerprint density at radius 2 is 1.57 bits per heavy atom. The van der Waals surface area contributed by atoms with Gasteiger partial charge in [0, 0.05) is 33.1 Å². The zero-order valence-corrected chi connectivity index (χ0v) is 35.8. The zero-order chi connectivity index (χ0) is 41.0. The van der Waals surface area contributed by atoms with E-state index in [1.165, 1.54) is 12.7 Å². The van der Waals surface area contributed by atoms with Gasteiger partial charge in [0.25, 0.3) is 0 Å². The Kier molecular flexibility index (Phi) is 11.6. The van der Waals surface area contributed by atoms with Crippen molar-refractivity contribution < 1.29 is 29.0 Å². The van der Waals surface area contributed by atoms with E-state index >= 15 is 0 Å². The molecule has 0 heterocycles. The second-order valence-corrected chi connectivity index (χ2v) is 20.0. The molecule has 1 aromatic rings. The third-order valence-corrected chi connectivity index (χ3v) is 16.9. The summed E-state index contributed by atoms with van der Waals surface area (Å²) >= 11 is 0. The lowest BCUT2D eigenvalue weighted by atomic mass is 9.32. The van der Waals surface area contributed by atoms with Crippen molar-refractivity contribution in [1.29, 1.82) is 0 Å². The summed E-state index contributed by atoms with van der Waals surface area (Å²) in [7, 11) is 7.21. The number of carboxylic acids is 1. The predicted molar refractivity (Wildman–Crippen MR) is 221 cm³/mol. The number of ether oxygens (including phenoxy) is 1. The molecular weight excluding hydrogens is 703 g/mol. The van der Waals surface area contributed by atoms with E-state index in [-0.39, 0.29) is 64.1 Å². The van der Waals surface area contributed by atoms with Crippen LogP contribution in [0.5, 0.6) is 0 Å². The molecule has 2 amide bonds. The first-order valence-electron chi connectivity index (χ1n) is 21.2. The number of carboxylic acid groups (broad SMARTS) is 1. The lowest BCUT2D eigenvalue weighted by Crippen LogP contribution is -2.66. The molecule has 0 aromatic heterocycles. The van der Waals surface area contributed by atoms with Crippen molar-refractivity contribution in [2.75, 3.05) is 47.9 Å². The molecular formula is C47H69N3O6. The third-order valence-electron chi connectivity index (χ3n) is 16.9. The molecule has 5 aliphatic carbocycles. The van der Waals surface area contributed by atoms with Crippen LogP contribution in [0.1, 0.15) is 121 Å². The van der Waals surface area contributed by atoms with Gasteiger partial charge < -0.3 is 25.0 Å². The van der Waals surface area contributed by atoms with Gasteiger partial charge in [0.2, 0.25) is 11.8 Å². The van der Waals surface area contributed by atoms with E-state index in [1.807, 2.05) is 26.2 Å². The van der Waals surface area contributed by atoms with Crippen LogP contribution >= 0.6 is 0 Å². The second kappa shape index (κ2) is 15.4. The fourth-order valence-corrected chi connectivity index (χ4v) is 13.9. The highest BCUT2D eigenvalue weighted by Crippen LogP contribution is 2.77. The number of rotatable bonds is 12. The third kappa shape index (κ3) is 6.85. The van der Waals surface area contributed by atoms with Crippen LogP contribution in [-0.2, 0) is 19.1 Å². The maximum atomic E-state index is 14.6. The molecule has 9 heteroatoms. The van der Waals surface area contributed by atoms with Crippen LogP contribution in [0.25, 0.3) is 5.57 Å². The Hall–Kier alpha value is -3.46. The van der Waals surface area contributed by atoms with Gasteiger partial charge in [-0.05, 0) is 146 Å². The number of esters is 1. The number of fused-ring (bicyclic) bond motifs is 7. The highest BCUT2D eigenvalue weighted by Gasteiger charge is 2.71. The van der Waals surface area contributed by atoms with Crippen molar-refractivity contribution in [1.82, 2.24) is 15.1 Å². The first kappa shape index (κ1) is 42.2. The van der Waals surface area contributed by atoms with E-state index in [0.717, 1.165) is 75.5 Å². The molecule has 9 nitrogen and oxygen atoms in total. The summed E-state index contributed by atoms with van der Waals surface area (Å²) in [6.45, 7) is 19.1. The molecule has 308 valence electrons. The number of nitrogens with one attached hydrogen (secondary N) is 1. The van der Waals surface area contributed by atoms with Crippen molar-refractivity contribution in [2.24, 2.45) is 56.7 Å². The molecule has 0 radical (unpaired) electrons. The number of nitrogens with zero attached hydrogens (tertiary/aromatic N) is 2. The molecule has 1 aromatic carbocycles. The van der Waals surface area contributed by atoms with Gasteiger partial charge in [0.1, 0.15) is 0 Å². The van der Waals surface area contributed by atoms with Crippen molar-refractivity contribution in [3.05, 3.63) is 53.6 Å². The van der Waals surface area contributed by atoms with E-state index in [1.54, 1.807) is 24.1 Å². The van der Waals surface area contributed by atoms with E-state index in [2.05, 4.69) is 57.5 Å². The van der Waals surface area contributed by atoms with Gasteiger partial charge in [-0.25, -0.2) is 4.79 Å². The van der Waals surface area contributed by atoms with Crippen LogP contribution in [0.2, 0.25) is 0 Å². The summed E-state index contributed by atoms with van der Waals surface area (Å²) in [5, 5.41) is 12.9. The standard InChI is InChI=1S/C47H69N3O6/c1-30(29-50(9)38(51)17-18-39(52)56-10)33-19-24-47(42(55)48-27-28-49(7)8)26-25-45(5)35(40(33)47)15-16-37-44(4)22-20-34(31-11-13-32(14-12-31)41(53)54)43(2,3)36(44)21-23-46(37,45)6/h11-14,20,33,35-37,40H,1,15-19,21-29H2,2-10H3,(H,48,55)(H,53,54). The summed E-state index contributed by atoms with van der Waals surface area (Å²) in [5.74, 6) is 0.483. The van der Waals surface area contributed by atoms with Crippen molar-refractivity contribution in [2.45, 2.75) is 105 Å². The average Bonchev–Trinajstić information content (AvgIpc) is 3.55. The summed E-state index contributed by atoms with van der Waals surface area (Å²) < 4.78 is 4.77. The number of carbonyl (C=O) groups excluding carboxylic acids is 3. The van der Waals surface area contributed by atoms with E-state index < -0.39 is 11.4 Å². The van der Waals surface area contributed by atoms with Gasteiger partial charge in [-0.2, -0.15) is 0 Å². The van der Waals surface area contributed by atoms with Crippen LogP contribution in [-0.4, -0.2) is 86.5 Å². The average molecular weight is 772 g/mol. The fraction of sp³-hybridized carbons (Fsp3) is 0.702. The number of hydrogen-bond donors (Lipinski definition) is 2. The second-order valence-electron chi connectivity index (χ2n) is 20.0. The van der Waals surface area contributed by atoms with Gasteiger partial charge in [0.05, 0.1) is 24.5 Å². The van der Waals surface area contributed by atoms with Gasteiger partial charge in [-0.15, -0.1) is 0 Å². The number of amides is 2. The zero-order valence-electron chi connectivity index (χ0n) is 35.8. The lowest BCUT2D eigenvalue weighted by molar-refractivity contribution is -0.225.